The van der Waals surface area contributed by atoms with Crippen molar-refractivity contribution in [1.29, 1.82) is 0 Å². The van der Waals surface area contributed by atoms with Crippen LogP contribution in [0.15, 0.2) is 42.5 Å². The van der Waals surface area contributed by atoms with Crippen molar-refractivity contribution in [2.24, 2.45) is 5.73 Å². The minimum absolute atomic E-state index is 0.269. The average Bonchev–Trinajstić information content (AvgIpc) is 2.47. The third kappa shape index (κ3) is 3.19. The fourth-order valence-corrected chi connectivity index (χ4v) is 1.88. The molecule has 4 nitrogen and oxygen atoms in total. The van der Waals surface area contributed by atoms with Crippen LogP contribution in [0.1, 0.15) is 5.56 Å². The Morgan fingerprint density at radius 3 is 2.25 bits per heavy atom. The monoisotopic (exact) mass is 289 g/mol. The number of benzene rings is 2. The number of nitrogens with two attached hydrogens (primary N) is 1. The molecule has 0 aliphatic rings. The van der Waals surface area contributed by atoms with E-state index in [1.54, 1.807) is 38.5 Å². The van der Waals surface area contributed by atoms with Crippen molar-refractivity contribution in [3.8, 4) is 23.0 Å². The van der Waals surface area contributed by atoms with Crippen LogP contribution >= 0.6 is 12.2 Å². The third-order valence-corrected chi connectivity index (χ3v) is 2.94. The lowest BCUT2D eigenvalue weighted by Crippen LogP contribution is -2.10. The first-order chi connectivity index (χ1) is 9.63. The normalized spacial score (nSPS) is 9.90. The van der Waals surface area contributed by atoms with Gasteiger partial charge in [-0.25, -0.2) is 0 Å². The summed E-state index contributed by atoms with van der Waals surface area (Å²) in [6, 6.07) is 12.6. The molecule has 0 aliphatic carbocycles. The molecule has 2 aromatic carbocycles. The highest BCUT2D eigenvalue weighted by molar-refractivity contribution is 7.80. The molecule has 0 unspecified atom stereocenters. The molecular weight excluding hydrogens is 274 g/mol. The molecule has 0 aromatic heterocycles. The van der Waals surface area contributed by atoms with Crippen LogP contribution in [0.2, 0.25) is 0 Å². The van der Waals surface area contributed by atoms with Gasteiger partial charge in [0.1, 0.15) is 28.0 Å². The van der Waals surface area contributed by atoms with E-state index in [1.807, 2.05) is 18.2 Å². The molecule has 0 saturated heterocycles. The molecule has 5 heteroatoms. The summed E-state index contributed by atoms with van der Waals surface area (Å²) in [5.41, 5.74) is 6.36. The third-order valence-electron chi connectivity index (χ3n) is 2.72. The van der Waals surface area contributed by atoms with Crippen molar-refractivity contribution >= 4 is 17.2 Å². The quantitative estimate of drug-likeness (QED) is 0.857. The summed E-state index contributed by atoms with van der Waals surface area (Å²) < 4.78 is 16.2. The summed E-state index contributed by atoms with van der Waals surface area (Å²) in [5, 5.41) is 0. The molecule has 0 heterocycles. The van der Waals surface area contributed by atoms with Crippen molar-refractivity contribution in [3.05, 3.63) is 48.0 Å². The Balaban J connectivity index is 2.37. The Hall–Kier alpha value is -2.27. The first-order valence-corrected chi connectivity index (χ1v) is 6.34. The molecule has 0 aliphatic heterocycles. The van der Waals surface area contributed by atoms with Crippen LogP contribution in [0.3, 0.4) is 0 Å². The van der Waals surface area contributed by atoms with Crippen LogP contribution in [0.4, 0.5) is 0 Å². The number of ether oxygens (including phenoxy) is 3. The van der Waals surface area contributed by atoms with Crippen LogP contribution in [0.25, 0.3) is 0 Å². The molecule has 0 spiro atoms. The van der Waals surface area contributed by atoms with Crippen molar-refractivity contribution in [3.63, 3.8) is 0 Å². The lowest BCUT2D eigenvalue weighted by Gasteiger charge is -2.12. The molecule has 20 heavy (non-hydrogen) atoms. The second kappa shape index (κ2) is 6.25. The zero-order valence-electron chi connectivity index (χ0n) is 11.3. The van der Waals surface area contributed by atoms with E-state index < -0.39 is 0 Å². The van der Waals surface area contributed by atoms with Gasteiger partial charge in [-0.15, -0.1) is 0 Å². The Morgan fingerprint density at radius 2 is 1.60 bits per heavy atom. The second-order valence-electron chi connectivity index (χ2n) is 4.01. The van der Waals surface area contributed by atoms with E-state index in [1.165, 1.54) is 0 Å². The van der Waals surface area contributed by atoms with Gasteiger partial charge in [-0.1, -0.05) is 18.3 Å². The number of rotatable bonds is 5. The molecule has 2 rings (SSSR count). The summed E-state index contributed by atoms with van der Waals surface area (Å²) in [5.74, 6) is 2.56. The Labute approximate surface area is 123 Å². The number of hydrogen-bond acceptors (Lipinski definition) is 4. The molecule has 0 atom stereocenters. The summed E-state index contributed by atoms with van der Waals surface area (Å²) in [6.07, 6.45) is 0. The van der Waals surface area contributed by atoms with E-state index >= 15 is 0 Å². The first-order valence-electron chi connectivity index (χ1n) is 5.94. The fraction of sp³-hybridized carbons (Fsp3) is 0.133. The van der Waals surface area contributed by atoms with Gasteiger partial charge in [0.2, 0.25) is 0 Å². The minimum Gasteiger partial charge on any atom is -0.497 e. The van der Waals surface area contributed by atoms with Crippen LogP contribution in [-0.4, -0.2) is 19.2 Å². The predicted molar refractivity (Wildman–Crippen MR) is 81.9 cm³/mol. The van der Waals surface area contributed by atoms with Gasteiger partial charge in [0.15, 0.2) is 0 Å². The highest BCUT2D eigenvalue weighted by Crippen LogP contribution is 2.31. The van der Waals surface area contributed by atoms with Crippen molar-refractivity contribution < 1.29 is 14.2 Å². The first kappa shape index (κ1) is 14.1. The highest BCUT2D eigenvalue weighted by atomic mass is 32.1. The SMILES string of the molecule is COc1cccc(Oc2cc(OC)ccc2C(N)=S)c1. The van der Waals surface area contributed by atoms with Gasteiger partial charge >= 0.3 is 0 Å². The van der Waals surface area contributed by atoms with E-state index in [0.29, 0.717) is 28.6 Å². The van der Waals surface area contributed by atoms with Gasteiger partial charge in [0.25, 0.3) is 0 Å². The van der Waals surface area contributed by atoms with E-state index in [9.17, 15) is 0 Å². The standard InChI is InChI=1S/C15H15NO3S/c1-17-10-4-3-5-12(8-10)19-14-9-11(18-2)6-7-13(14)15(16)20/h3-9H,1-2H3,(H2,16,20). The topological polar surface area (TPSA) is 53.7 Å². The maximum Gasteiger partial charge on any atom is 0.141 e. The summed E-state index contributed by atoms with van der Waals surface area (Å²) in [7, 11) is 3.19. The van der Waals surface area contributed by atoms with Gasteiger partial charge in [-0.3, -0.25) is 0 Å². The summed E-state index contributed by atoms with van der Waals surface area (Å²) >= 11 is 5.03. The average molecular weight is 289 g/mol. The number of methoxy groups -OCH3 is 2. The fourth-order valence-electron chi connectivity index (χ4n) is 1.71. The van der Waals surface area contributed by atoms with E-state index in [4.69, 9.17) is 32.2 Å². The molecule has 0 radical (unpaired) electrons. The van der Waals surface area contributed by atoms with Crippen LogP contribution < -0.4 is 19.9 Å². The van der Waals surface area contributed by atoms with Gasteiger partial charge in [-0.2, -0.15) is 0 Å². The van der Waals surface area contributed by atoms with Gasteiger partial charge in [-0.05, 0) is 24.3 Å². The second-order valence-corrected chi connectivity index (χ2v) is 4.45. The van der Waals surface area contributed by atoms with E-state index in [0.717, 1.165) is 0 Å². The summed E-state index contributed by atoms with van der Waals surface area (Å²) in [4.78, 5) is 0.269. The predicted octanol–water partition coefficient (Wildman–Crippen LogP) is 3.13. The Bertz CT molecular complexity index is 628. The lowest BCUT2D eigenvalue weighted by molar-refractivity contribution is 0.404. The molecule has 0 fully saturated rings. The van der Waals surface area contributed by atoms with Crippen molar-refractivity contribution in [1.82, 2.24) is 0 Å². The minimum atomic E-state index is 0.269. The van der Waals surface area contributed by atoms with E-state index in [2.05, 4.69) is 0 Å². The highest BCUT2D eigenvalue weighted by Gasteiger charge is 2.10. The van der Waals surface area contributed by atoms with Gasteiger partial charge in [0, 0.05) is 12.1 Å². The molecular formula is C15H15NO3S. The zero-order valence-corrected chi connectivity index (χ0v) is 12.1. The molecule has 2 N–H and O–H groups in total. The van der Waals surface area contributed by atoms with Crippen molar-refractivity contribution in [2.45, 2.75) is 0 Å². The van der Waals surface area contributed by atoms with E-state index in [-0.39, 0.29) is 4.99 Å². The Morgan fingerprint density at radius 1 is 0.950 bits per heavy atom. The lowest BCUT2D eigenvalue weighted by atomic mass is 10.2. The number of hydrogen-bond donors (Lipinski definition) is 1. The largest absolute Gasteiger partial charge is 0.497 e. The Kier molecular flexibility index (Phi) is 4.42. The molecule has 0 saturated carbocycles. The molecule has 0 amide bonds. The maximum atomic E-state index is 5.83. The van der Waals surface area contributed by atoms with Gasteiger partial charge < -0.3 is 19.9 Å². The van der Waals surface area contributed by atoms with Crippen LogP contribution in [0, 0.1) is 0 Å². The smallest absolute Gasteiger partial charge is 0.141 e. The molecule has 2 aromatic rings. The number of thiocarbonyl (C=S) groups is 1. The van der Waals surface area contributed by atoms with Crippen LogP contribution in [-0.2, 0) is 0 Å². The maximum absolute atomic E-state index is 5.83. The summed E-state index contributed by atoms with van der Waals surface area (Å²) in [6.45, 7) is 0. The van der Waals surface area contributed by atoms with Crippen LogP contribution in [0.5, 0.6) is 23.0 Å². The zero-order chi connectivity index (χ0) is 14.5. The van der Waals surface area contributed by atoms with Gasteiger partial charge in [0.05, 0.1) is 19.8 Å². The molecule has 0 bridgehead atoms. The van der Waals surface area contributed by atoms with Crippen molar-refractivity contribution in [2.75, 3.05) is 14.2 Å². The molecule has 104 valence electrons.